The van der Waals surface area contributed by atoms with Crippen molar-refractivity contribution in [3.05, 3.63) is 69.7 Å². The molecule has 160 valence electrons. The number of carbonyl (C=O) groups excluding carboxylic acids is 2. The molecule has 0 aliphatic rings. The van der Waals surface area contributed by atoms with E-state index >= 15 is 0 Å². The van der Waals surface area contributed by atoms with Gasteiger partial charge in [0, 0.05) is 11.6 Å². The Morgan fingerprint density at radius 1 is 1.19 bits per heavy atom. The summed E-state index contributed by atoms with van der Waals surface area (Å²) in [6, 6.07) is 10.4. The number of thiazole rings is 1. The van der Waals surface area contributed by atoms with Gasteiger partial charge < -0.3 is 14.8 Å². The molecule has 0 bridgehead atoms. The van der Waals surface area contributed by atoms with Gasteiger partial charge in [0.15, 0.2) is 11.2 Å². The van der Waals surface area contributed by atoms with Crippen LogP contribution in [0.25, 0.3) is 0 Å². The van der Waals surface area contributed by atoms with Crippen molar-refractivity contribution in [1.29, 1.82) is 0 Å². The molecule has 3 aromatic rings. The zero-order chi connectivity index (χ0) is 22.4. The number of nitrogens with one attached hydrogen (secondary N) is 2. The number of nitro benzene ring substituents is 1. The van der Waals surface area contributed by atoms with Gasteiger partial charge >= 0.3 is 0 Å². The minimum absolute atomic E-state index is 0.000152. The average Bonchev–Trinajstić information content (AvgIpc) is 3.27. The topological polar surface area (TPSA) is 133 Å². The highest BCUT2D eigenvalue weighted by atomic mass is 32.1. The average molecular weight is 442 g/mol. The Hall–Kier alpha value is -3.99. The van der Waals surface area contributed by atoms with Gasteiger partial charge in [-0.15, -0.1) is 11.3 Å². The molecule has 0 saturated carbocycles. The molecule has 0 aliphatic carbocycles. The molecule has 10 nitrogen and oxygen atoms in total. The summed E-state index contributed by atoms with van der Waals surface area (Å²) in [7, 11) is 1.39. The van der Waals surface area contributed by atoms with Crippen molar-refractivity contribution < 1.29 is 24.0 Å². The van der Waals surface area contributed by atoms with Gasteiger partial charge in [0.2, 0.25) is 0 Å². The molecule has 31 heavy (non-hydrogen) atoms. The van der Waals surface area contributed by atoms with E-state index in [1.165, 1.54) is 55.7 Å². The highest BCUT2D eigenvalue weighted by Gasteiger charge is 2.22. The van der Waals surface area contributed by atoms with E-state index in [-0.39, 0.29) is 28.4 Å². The smallest absolute Gasteiger partial charge is 0.296 e. The third-order valence-electron chi connectivity index (χ3n) is 4.12. The largest absolute Gasteiger partial charge is 0.496 e. The lowest BCUT2D eigenvalue weighted by Gasteiger charge is -2.16. The van der Waals surface area contributed by atoms with Crippen molar-refractivity contribution >= 4 is 39.7 Å². The number of ether oxygens (including phenoxy) is 2. The SMILES string of the molecule is COc1ccc(NC(=O)c2ccccc2O[C@@H](C)C(=O)Nc2nccs2)c([N+](=O)[O-])c1. The van der Waals surface area contributed by atoms with Crippen molar-refractivity contribution in [2.45, 2.75) is 13.0 Å². The fourth-order valence-electron chi connectivity index (χ4n) is 2.58. The van der Waals surface area contributed by atoms with E-state index in [0.717, 1.165) is 0 Å². The van der Waals surface area contributed by atoms with Crippen LogP contribution >= 0.6 is 11.3 Å². The van der Waals surface area contributed by atoms with Crippen LogP contribution in [0.15, 0.2) is 54.0 Å². The molecule has 0 fully saturated rings. The molecular weight excluding hydrogens is 424 g/mol. The maximum atomic E-state index is 12.8. The van der Waals surface area contributed by atoms with Crippen LogP contribution in [-0.4, -0.2) is 34.9 Å². The van der Waals surface area contributed by atoms with E-state index < -0.39 is 22.8 Å². The van der Waals surface area contributed by atoms with Gasteiger partial charge in [0.25, 0.3) is 17.5 Å². The number of hydrogen-bond donors (Lipinski definition) is 2. The zero-order valence-electron chi connectivity index (χ0n) is 16.5. The van der Waals surface area contributed by atoms with E-state index in [0.29, 0.717) is 5.13 Å². The van der Waals surface area contributed by atoms with Crippen LogP contribution in [0, 0.1) is 10.1 Å². The maximum Gasteiger partial charge on any atom is 0.296 e. The van der Waals surface area contributed by atoms with Crippen LogP contribution < -0.4 is 20.1 Å². The van der Waals surface area contributed by atoms with Crippen LogP contribution in [0.5, 0.6) is 11.5 Å². The molecule has 2 N–H and O–H groups in total. The molecule has 0 unspecified atom stereocenters. The minimum atomic E-state index is -0.923. The molecule has 2 aromatic carbocycles. The fraction of sp³-hybridized carbons (Fsp3) is 0.150. The third-order valence-corrected chi connectivity index (χ3v) is 4.81. The van der Waals surface area contributed by atoms with E-state index in [9.17, 15) is 19.7 Å². The number of benzene rings is 2. The second kappa shape index (κ2) is 9.67. The Morgan fingerprint density at radius 2 is 1.97 bits per heavy atom. The summed E-state index contributed by atoms with van der Waals surface area (Å²) < 4.78 is 10.7. The predicted molar refractivity (Wildman–Crippen MR) is 115 cm³/mol. The number of methoxy groups -OCH3 is 1. The van der Waals surface area contributed by atoms with Gasteiger partial charge in [0.05, 0.1) is 23.7 Å². The second-order valence-corrected chi connectivity index (χ2v) is 7.07. The molecule has 3 rings (SSSR count). The number of hydrogen-bond acceptors (Lipinski definition) is 8. The number of anilines is 2. The van der Waals surface area contributed by atoms with E-state index in [4.69, 9.17) is 9.47 Å². The van der Waals surface area contributed by atoms with Crippen LogP contribution in [0.4, 0.5) is 16.5 Å². The quantitative estimate of drug-likeness (QED) is 0.401. The van der Waals surface area contributed by atoms with Gasteiger partial charge in [-0.3, -0.25) is 25.0 Å². The minimum Gasteiger partial charge on any atom is -0.496 e. The Morgan fingerprint density at radius 3 is 2.65 bits per heavy atom. The van der Waals surface area contributed by atoms with E-state index in [1.807, 2.05) is 0 Å². The summed E-state index contributed by atoms with van der Waals surface area (Å²) in [5, 5.41) is 18.6. The monoisotopic (exact) mass is 442 g/mol. The summed E-state index contributed by atoms with van der Waals surface area (Å²) in [6.45, 7) is 1.53. The van der Waals surface area contributed by atoms with Crippen LogP contribution in [0.2, 0.25) is 0 Å². The lowest BCUT2D eigenvalue weighted by atomic mass is 10.1. The van der Waals surface area contributed by atoms with Gasteiger partial charge in [-0.05, 0) is 31.2 Å². The number of aromatic nitrogens is 1. The van der Waals surface area contributed by atoms with E-state index in [1.54, 1.807) is 23.7 Å². The summed E-state index contributed by atoms with van der Waals surface area (Å²) >= 11 is 1.26. The number of nitro groups is 1. The summed E-state index contributed by atoms with van der Waals surface area (Å²) in [6.07, 6.45) is 0.636. The molecule has 1 heterocycles. The van der Waals surface area contributed by atoms with Gasteiger partial charge in [-0.25, -0.2) is 4.98 Å². The third kappa shape index (κ3) is 5.34. The van der Waals surface area contributed by atoms with Crippen molar-refractivity contribution in [2.75, 3.05) is 17.7 Å². The predicted octanol–water partition coefficient (Wildman–Crippen LogP) is 3.72. The Balaban J connectivity index is 1.77. The van der Waals surface area contributed by atoms with Gasteiger partial charge in [-0.2, -0.15) is 0 Å². The molecule has 11 heteroatoms. The molecule has 2 amide bonds. The lowest BCUT2D eigenvalue weighted by molar-refractivity contribution is -0.384. The summed E-state index contributed by atoms with van der Waals surface area (Å²) in [4.78, 5) is 39.8. The molecule has 0 radical (unpaired) electrons. The lowest BCUT2D eigenvalue weighted by Crippen LogP contribution is -2.30. The fourth-order valence-corrected chi connectivity index (χ4v) is 3.11. The first-order valence-corrected chi connectivity index (χ1v) is 9.87. The second-order valence-electron chi connectivity index (χ2n) is 6.18. The summed E-state index contributed by atoms with van der Waals surface area (Å²) in [5.41, 5.74) is -0.205. The highest BCUT2D eigenvalue weighted by Crippen LogP contribution is 2.30. The first kappa shape index (κ1) is 21.7. The molecule has 0 spiro atoms. The maximum absolute atomic E-state index is 12.8. The van der Waals surface area contributed by atoms with Gasteiger partial charge in [-0.1, -0.05) is 12.1 Å². The number of rotatable bonds is 8. The van der Waals surface area contributed by atoms with Crippen molar-refractivity contribution in [2.24, 2.45) is 0 Å². The molecule has 1 aromatic heterocycles. The molecular formula is C20H18N4O6S. The first-order chi connectivity index (χ1) is 14.9. The van der Waals surface area contributed by atoms with Crippen molar-refractivity contribution in [1.82, 2.24) is 4.98 Å². The van der Waals surface area contributed by atoms with Crippen LogP contribution in [0.3, 0.4) is 0 Å². The molecule has 0 aliphatic heterocycles. The number of nitrogens with zero attached hydrogens (tertiary/aromatic N) is 2. The standard InChI is InChI=1S/C20H18N4O6S/c1-12(18(25)23-20-21-9-10-31-20)30-17-6-4-3-5-14(17)19(26)22-15-8-7-13(29-2)11-16(15)24(27)28/h3-12H,1-2H3,(H,22,26)(H,21,23,25)/t12-/m0/s1. The van der Waals surface area contributed by atoms with Crippen molar-refractivity contribution in [3.63, 3.8) is 0 Å². The van der Waals surface area contributed by atoms with Crippen LogP contribution in [-0.2, 0) is 4.79 Å². The van der Waals surface area contributed by atoms with Crippen molar-refractivity contribution in [3.8, 4) is 11.5 Å². The number of amides is 2. The van der Waals surface area contributed by atoms with E-state index in [2.05, 4.69) is 15.6 Å². The number of para-hydroxylation sites is 1. The Bertz CT molecular complexity index is 1100. The normalized spacial score (nSPS) is 11.3. The van der Waals surface area contributed by atoms with Gasteiger partial charge in [0.1, 0.15) is 17.2 Å². The Labute approximate surface area is 181 Å². The molecule has 0 saturated heterocycles. The van der Waals surface area contributed by atoms with Crippen LogP contribution in [0.1, 0.15) is 17.3 Å². The highest BCUT2D eigenvalue weighted by molar-refractivity contribution is 7.13. The number of carbonyl (C=O) groups is 2. The summed E-state index contributed by atoms with van der Waals surface area (Å²) in [5.74, 6) is -0.626. The first-order valence-electron chi connectivity index (χ1n) is 8.99. The zero-order valence-corrected chi connectivity index (χ0v) is 17.3. The Kier molecular flexibility index (Phi) is 6.78. The molecule has 1 atom stereocenters.